The van der Waals surface area contributed by atoms with Crippen LogP contribution < -0.4 is 0 Å². The third kappa shape index (κ3) is 7.11. The van der Waals surface area contributed by atoms with E-state index in [2.05, 4.69) is 13.5 Å². The Labute approximate surface area is 91.2 Å². The number of carbonyl (C=O) groups excluding carboxylic acids is 1. The number of hydrogen-bond donors (Lipinski definition) is 0. The van der Waals surface area contributed by atoms with E-state index in [9.17, 15) is 4.79 Å². The number of esters is 1. The van der Waals surface area contributed by atoms with Gasteiger partial charge in [0.2, 0.25) is 0 Å². The van der Waals surface area contributed by atoms with Gasteiger partial charge >= 0.3 is 5.97 Å². The van der Waals surface area contributed by atoms with Crippen molar-refractivity contribution < 1.29 is 19.0 Å². The van der Waals surface area contributed by atoms with Gasteiger partial charge < -0.3 is 14.2 Å². The molecule has 0 bridgehead atoms. The normalized spacial score (nSPS) is 12.2. The van der Waals surface area contributed by atoms with E-state index in [1.165, 1.54) is 0 Å². The zero-order valence-corrected chi connectivity index (χ0v) is 9.75. The minimum absolute atomic E-state index is 0.210. The molecule has 88 valence electrons. The minimum atomic E-state index is -0.386. The van der Waals surface area contributed by atoms with Crippen molar-refractivity contribution in [1.29, 1.82) is 0 Å². The molecule has 0 rings (SSSR count). The number of carbonyl (C=O) groups is 1. The van der Waals surface area contributed by atoms with Gasteiger partial charge in [-0.25, -0.2) is 4.79 Å². The van der Waals surface area contributed by atoms with Crippen LogP contribution in [0.25, 0.3) is 0 Å². The zero-order chi connectivity index (χ0) is 11.7. The summed E-state index contributed by atoms with van der Waals surface area (Å²) in [6, 6.07) is 0. The Balaban J connectivity index is 3.52. The maximum absolute atomic E-state index is 11.0. The van der Waals surface area contributed by atoms with Crippen LogP contribution in [-0.4, -0.2) is 32.6 Å². The van der Waals surface area contributed by atoms with Gasteiger partial charge in [-0.15, -0.1) is 0 Å². The van der Waals surface area contributed by atoms with E-state index in [4.69, 9.17) is 14.2 Å². The molecule has 0 spiro atoms. The van der Waals surface area contributed by atoms with E-state index in [1.54, 1.807) is 14.0 Å². The monoisotopic (exact) mass is 216 g/mol. The molecule has 0 aromatic carbocycles. The lowest BCUT2D eigenvalue weighted by Crippen LogP contribution is -2.19. The van der Waals surface area contributed by atoms with Gasteiger partial charge in [-0.05, 0) is 13.3 Å². The molecule has 4 nitrogen and oxygen atoms in total. The number of methoxy groups -OCH3 is 1. The van der Waals surface area contributed by atoms with Crippen molar-refractivity contribution in [2.24, 2.45) is 0 Å². The molecule has 0 fully saturated rings. The van der Waals surface area contributed by atoms with E-state index in [0.717, 1.165) is 12.8 Å². The van der Waals surface area contributed by atoms with Gasteiger partial charge in [-0.3, -0.25) is 0 Å². The van der Waals surface area contributed by atoms with E-state index in [1.807, 2.05) is 0 Å². The minimum Gasteiger partial charge on any atom is -0.460 e. The summed E-state index contributed by atoms with van der Waals surface area (Å²) in [5, 5.41) is 0. The summed E-state index contributed by atoms with van der Waals surface area (Å²) in [5.74, 6) is -0.386. The molecule has 1 unspecified atom stereocenters. The average Bonchev–Trinajstić information content (AvgIpc) is 2.22. The van der Waals surface area contributed by atoms with Crippen molar-refractivity contribution in [3.05, 3.63) is 12.2 Å². The highest BCUT2D eigenvalue weighted by molar-refractivity contribution is 5.86. The largest absolute Gasteiger partial charge is 0.460 e. The molecule has 15 heavy (non-hydrogen) atoms. The van der Waals surface area contributed by atoms with Crippen molar-refractivity contribution in [2.45, 2.75) is 33.0 Å². The summed E-state index contributed by atoms with van der Waals surface area (Å²) in [5.41, 5.74) is 0.395. The molecule has 0 N–H and O–H groups in total. The van der Waals surface area contributed by atoms with Crippen LogP contribution in [0.4, 0.5) is 0 Å². The molecule has 0 saturated carbocycles. The second-order valence-electron chi connectivity index (χ2n) is 3.24. The quantitative estimate of drug-likeness (QED) is 0.269. The lowest BCUT2D eigenvalue weighted by atomic mass is 10.3. The lowest BCUT2D eigenvalue weighted by Gasteiger charge is -2.15. The SMILES string of the molecule is C=C(C)C(=O)OCCOC(CCC)OC. The lowest BCUT2D eigenvalue weighted by molar-refractivity contribution is -0.152. The van der Waals surface area contributed by atoms with E-state index in [-0.39, 0.29) is 18.9 Å². The van der Waals surface area contributed by atoms with Crippen LogP contribution in [0, 0.1) is 0 Å². The van der Waals surface area contributed by atoms with Crippen molar-refractivity contribution in [1.82, 2.24) is 0 Å². The van der Waals surface area contributed by atoms with Crippen LogP contribution in [0.15, 0.2) is 12.2 Å². The van der Waals surface area contributed by atoms with Crippen LogP contribution in [0.3, 0.4) is 0 Å². The Morgan fingerprint density at radius 2 is 2.07 bits per heavy atom. The molecule has 0 aromatic rings. The molecule has 1 atom stereocenters. The van der Waals surface area contributed by atoms with Gasteiger partial charge in [0, 0.05) is 12.7 Å². The predicted octanol–water partition coefficient (Wildman–Crippen LogP) is 1.89. The van der Waals surface area contributed by atoms with E-state index in [0.29, 0.717) is 12.2 Å². The summed E-state index contributed by atoms with van der Waals surface area (Å²) in [7, 11) is 1.60. The van der Waals surface area contributed by atoms with Gasteiger partial charge in [-0.1, -0.05) is 19.9 Å². The fourth-order valence-electron chi connectivity index (χ4n) is 0.942. The molecule has 0 aromatic heterocycles. The molecule has 0 aliphatic heterocycles. The highest BCUT2D eigenvalue weighted by Gasteiger charge is 2.07. The molecule has 0 amide bonds. The van der Waals surface area contributed by atoms with Crippen LogP contribution in [0.1, 0.15) is 26.7 Å². The van der Waals surface area contributed by atoms with Crippen LogP contribution >= 0.6 is 0 Å². The summed E-state index contributed by atoms with van der Waals surface area (Å²) >= 11 is 0. The van der Waals surface area contributed by atoms with Gasteiger partial charge in [0.05, 0.1) is 6.61 Å². The van der Waals surface area contributed by atoms with E-state index >= 15 is 0 Å². The first kappa shape index (κ1) is 14.1. The zero-order valence-electron chi connectivity index (χ0n) is 9.75. The van der Waals surface area contributed by atoms with Crippen LogP contribution in [0.5, 0.6) is 0 Å². The molecule has 4 heteroatoms. The Kier molecular flexibility index (Phi) is 7.95. The highest BCUT2D eigenvalue weighted by Crippen LogP contribution is 2.02. The Hall–Kier alpha value is -0.870. The maximum atomic E-state index is 11.0. The molecule has 0 heterocycles. The number of ether oxygens (including phenoxy) is 3. The summed E-state index contributed by atoms with van der Waals surface area (Å²) in [6.07, 6.45) is 1.62. The van der Waals surface area contributed by atoms with Crippen molar-refractivity contribution >= 4 is 5.97 Å². The Bertz CT molecular complexity index is 201. The molecule has 0 saturated heterocycles. The predicted molar refractivity (Wildman–Crippen MR) is 57.4 cm³/mol. The standard InChI is InChI=1S/C11H20O4/c1-5-6-10(13-4)14-7-8-15-11(12)9(2)3/h10H,2,5-8H2,1,3-4H3. The molecule has 0 aliphatic carbocycles. The summed E-state index contributed by atoms with van der Waals surface area (Å²) < 4.78 is 15.3. The smallest absolute Gasteiger partial charge is 0.333 e. The first-order valence-corrected chi connectivity index (χ1v) is 5.08. The second-order valence-corrected chi connectivity index (χ2v) is 3.24. The topological polar surface area (TPSA) is 44.8 Å². The number of rotatable bonds is 8. The van der Waals surface area contributed by atoms with Crippen molar-refractivity contribution in [3.8, 4) is 0 Å². The van der Waals surface area contributed by atoms with Crippen LogP contribution in [0.2, 0.25) is 0 Å². The highest BCUT2D eigenvalue weighted by atomic mass is 16.7. The van der Waals surface area contributed by atoms with Crippen molar-refractivity contribution in [3.63, 3.8) is 0 Å². The molecular formula is C11H20O4. The fourth-order valence-corrected chi connectivity index (χ4v) is 0.942. The Morgan fingerprint density at radius 3 is 2.53 bits per heavy atom. The van der Waals surface area contributed by atoms with E-state index < -0.39 is 0 Å². The van der Waals surface area contributed by atoms with Gasteiger partial charge in [0.25, 0.3) is 0 Å². The third-order valence-corrected chi connectivity index (χ3v) is 1.76. The first-order valence-electron chi connectivity index (χ1n) is 5.08. The fraction of sp³-hybridized carbons (Fsp3) is 0.727. The van der Waals surface area contributed by atoms with Gasteiger partial charge in [-0.2, -0.15) is 0 Å². The summed E-state index contributed by atoms with van der Waals surface area (Å²) in [6.45, 7) is 7.71. The molecule has 0 radical (unpaired) electrons. The summed E-state index contributed by atoms with van der Waals surface area (Å²) in [4.78, 5) is 11.0. The van der Waals surface area contributed by atoms with Crippen LogP contribution in [-0.2, 0) is 19.0 Å². The Morgan fingerprint density at radius 1 is 1.40 bits per heavy atom. The van der Waals surface area contributed by atoms with Gasteiger partial charge in [0.1, 0.15) is 6.61 Å². The molecular weight excluding hydrogens is 196 g/mol. The third-order valence-electron chi connectivity index (χ3n) is 1.76. The first-order chi connectivity index (χ1) is 7.11. The van der Waals surface area contributed by atoms with Gasteiger partial charge in [0.15, 0.2) is 6.29 Å². The maximum Gasteiger partial charge on any atom is 0.333 e. The average molecular weight is 216 g/mol. The molecule has 0 aliphatic rings. The number of hydrogen-bond acceptors (Lipinski definition) is 4. The second kappa shape index (κ2) is 8.44. The van der Waals surface area contributed by atoms with Crippen molar-refractivity contribution in [2.75, 3.05) is 20.3 Å².